The number of ether oxygens (including phenoxy) is 1. The van der Waals surface area contributed by atoms with Gasteiger partial charge in [-0.2, -0.15) is 5.10 Å². The first-order valence-electron chi connectivity index (χ1n) is 8.17. The van der Waals surface area contributed by atoms with Gasteiger partial charge in [0, 0.05) is 25.9 Å². The number of benzene rings is 1. The summed E-state index contributed by atoms with van der Waals surface area (Å²) in [5.41, 5.74) is 1.49. The van der Waals surface area contributed by atoms with Crippen molar-refractivity contribution < 1.29 is 13.9 Å². The number of carbonyl (C=O) groups excluding carboxylic acids is 1. The zero-order valence-electron chi connectivity index (χ0n) is 14.9. The molecule has 0 spiro atoms. The van der Waals surface area contributed by atoms with Crippen molar-refractivity contribution in [3.63, 3.8) is 0 Å². The van der Waals surface area contributed by atoms with Crippen LogP contribution in [0.3, 0.4) is 0 Å². The molecule has 0 saturated carbocycles. The molecule has 1 amide bonds. The number of aryl methyl sites for hydroxylation is 1. The van der Waals surface area contributed by atoms with Crippen LogP contribution in [0, 0.1) is 5.82 Å². The molecular weight excluding hydrogens is 321 g/mol. The van der Waals surface area contributed by atoms with Crippen LogP contribution in [0.2, 0.25) is 0 Å². The van der Waals surface area contributed by atoms with Crippen molar-refractivity contribution in [1.29, 1.82) is 0 Å². The smallest absolute Gasteiger partial charge is 0.251 e. The summed E-state index contributed by atoms with van der Waals surface area (Å²) in [7, 11) is 3.49. The SMILES string of the molecule is C=CCCO[C@H](C)C(=O)N(C)[C@@H](c1cccc(F)c1)c1cnn(C)c1. The average molecular weight is 345 g/mol. The maximum absolute atomic E-state index is 13.7. The van der Waals surface area contributed by atoms with Crippen LogP contribution in [0.15, 0.2) is 49.3 Å². The van der Waals surface area contributed by atoms with E-state index in [1.807, 2.05) is 6.20 Å². The highest BCUT2D eigenvalue weighted by molar-refractivity contribution is 5.81. The zero-order chi connectivity index (χ0) is 18.4. The van der Waals surface area contributed by atoms with E-state index in [0.717, 1.165) is 5.56 Å². The number of rotatable bonds is 8. The van der Waals surface area contributed by atoms with Crippen molar-refractivity contribution in [2.45, 2.75) is 25.5 Å². The van der Waals surface area contributed by atoms with Crippen molar-refractivity contribution in [2.75, 3.05) is 13.7 Å². The second kappa shape index (κ2) is 8.58. The molecule has 1 heterocycles. The van der Waals surface area contributed by atoms with E-state index < -0.39 is 12.1 Å². The standard InChI is InChI=1S/C19H24FN3O2/c1-5-6-10-25-14(2)19(24)23(4)18(16-12-21-22(3)13-16)15-8-7-9-17(20)11-15/h5,7-9,11-14,18H,1,6,10H2,2-4H3/t14-,18+/m1/s1. The molecule has 25 heavy (non-hydrogen) atoms. The fourth-order valence-electron chi connectivity index (χ4n) is 2.71. The first-order chi connectivity index (χ1) is 11.9. The van der Waals surface area contributed by atoms with Crippen LogP contribution in [0.1, 0.15) is 30.5 Å². The van der Waals surface area contributed by atoms with Gasteiger partial charge in [0.2, 0.25) is 0 Å². The zero-order valence-corrected chi connectivity index (χ0v) is 14.9. The third-order valence-electron chi connectivity index (χ3n) is 3.98. The van der Waals surface area contributed by atoms with E-state index in [2.05, 4.69) is 11.7 Å². The molecular formula is C19H24FN3O2. The van der Waals surface area contributed by atoms with Gasteiger partial charge in [-0.1, -0.05) is 18.2 Å². The maximum Gasteiger partial charge on any atom is 0.251 e. The molecule has 1 aromatic carbocycles. The van der Waals surface area contributed by atoms with Gasteiger partial charge >= 0.3 is 0 Å². The third-order valence-corrected chi connectivity index (χ3v) is 3.98. The topological polar surface area (TPSA) is 47.4 Å². The van der Waals surface area contributed by atoms with Crippen molar-refractivity contribution in [2.24, 2.45) is 7.05 Å². The highest BCUT2D eigenvalue weighted by Crippen LogP contribution is 2.28. The van der Waals surface area contributed by atoms with Gasteiger partial charge in [-0.25, -0.2) is 4.39 Å². The molecule has 2 atom stereocenters. The van der Waals surface area contributed by atoms with Crippen molar-refractivity contribution in [1.82, 2.24) is 14.7 Å². The monoisotopic (exact) mass is 345 g/mol. The number of aromatic nitrogens is 2. The molecule has 134 valence electrons. The van der Waals surface area contributed by atoms with Gasteiger partial charge in [0.1, 0.15) is 11.9 Å². The molecule has 0 bridgehead atoms. The lowest BCUT2D eigenvalue weighted by Crippen LogP contribution is -2.39. The molecule has 0 aliphatic heterocycles. The number of hydrogen-bond donors (Lipinski definition) is 0. The average Bonchev–Trinajstić information content (AvgIpc) is 3.00. The van der Waals surface area contributed by atoms with Gasteiger partial charge in [0.05, 0.1) is 18.8 Å². The van der Waals surface area contributed by atoms with Crippen LogP contribution < -0.4 is 0 Å². The van der Waals surface area contributed by atoms with Crippen LogP contribution in [0.5, 0.6) is 0 Å². The highest BCUT2D eigenvalue weighted by Gasteiger charge is 2.28. The van der Waals surface area contributed by atoms with Crippen LogP contribution in [0.25, 0.3) is 0 Å². The number of amides is 1. The number of halogens is 1. The second-order valence-corrected chi connectivity index (χ2v) is 5.94. The second-order valence-electron chi connectivity index (χ2n) is 5.94. The Morgan fingerprint density at radius 1 is 1.48 bits per heavy atom. The van der Waals surface area contributed by atoms with Crippen molar-refractivity contribution >= 4 is 5.91 Å². The molecule has 6 heteroatoms. The minimum Gasteiger partial charge on any atom is -0.368 e. The van der Waals surface area contributed by atoms with Crippen LogP contribution >= 0.6 is 0 Å². The van der Waals surface area contributed by atoms with Gasteiger partial charge in [0.15, 0.2) is 0 Å². The fourth-order valence-corrected chi connectivity index (χ4v) is 2.71. The Kier molecular flexibility index (Phi) is 6.47. The predicted molar refractivity (Wildman–Crippen MR) is 94.4 cm³/mol. The minimum absolute atomic E-state index is 0.179. The summed E-state index contributed by atoms with van der Waals surface area (Å²) in [5, 5.41) is 4.18. The van der Waals surface area contributed by atoms with E-state index in [-0.39, 0.29) is 11.7 Å². The van der Waals surface area contributed by atoms with Gasteiger partial charge in [-0.15, -0.1) is 6.58 Å². The molecule has 0 saturated heterocycles. The molecule has 0 aliphatic rings. The number of likely N-dealkylation sites (N-methyl/N-ethyl adjacent to an activating group) is 1. The third kappa shape index (κ3) is 4.76. The fraction of sp³-hybridized carbons (Fsp3) is 0.368. The van der Waals surface area contributed by atoms with Gasteiger partial charge in [-0.05, 0) is 31.0 Å². The van der Waals surface area contributed by atoms with Crippen LogP contribution in [0.4, 0.5) is 4.39 Å². The minimum atomic E-state index is -0.599. The first kappa shape index (κ1) is 18.9. The van der Waals surface area contributed by atoms with E-state index in [4.69, 9.17) is 4.74 Å². The maximum atomic E-state index is 13.7. The van der Waals surface area contributed by atoms with Crippen LogP contribution in [-0.2, 0) is 16.6 Å². The Morgan fingerprint density at radius 3 is 2.84 bits per heavy atom. The van der Waals surface area contributed by atoms with Crippen LogP contribution in [-0.4, -0.2) is 40.3 Å². The van der Waals surface area contributed by atoms with E-state index in [0.29, 0.717) is 18.6 Å². The molecule has 0 N–H and O–H groups in total. The number of nitrogens with zero attached hydrogens (tertiary/aromatic N) is 3. The Morgan fingerprint density at radius 2 is 2.24 bits per heavy atom. The predicted octanol–water partition coefficient (Wildman–Crippen LogP) is 3.09. The van der Waals surface area contributed by atoms with Crippen molar-refractivity contribution in [3.05, 3.63) is 66.3 Å². The normalized spacial score (nSPS) is 13.3. The summed E-state index contributed by atoms with van der Waals surface area (Å²) in [6.07, 6.45) is 5.33. The molecule has 0 fully saturated rings. The van der Waals surface area contributed by atoms with Gasteiger partial charge < -0.3 is 9.64 Å². The highest BCUT2D eigenvalue weighted by atomic mass is 19.1. The summed E-state index contributed by atoms with van der Waals surface area (Å²) in [5.74, 6) is -0.523. The van der Waals surface area contributed by atoms with Gasteiger partial charge in [-0.3, -0.25) is 9.48 Å². The summed E-state index contributed by atoms with van der Waals surface area (Å²) in [6.45, 7) is 5.78. The Labute approximate surface area is 147 Å². The molecule has 2 rings (SSSR count). The van der Waals surface area contributed by atoms with E-state index >= 15 is 0 Å². The van der Waals surface area contributed by atoms with E-state index in [9.17, 15) is 9.18 Å². The molecule has 0 radical (unpaired) electrons. The van der Waals surface area contributed by atoms with E-state index in [1.165, 1.54) is 12.1 Å². The lowest BCUT2D eigenvalue weighted by molar-refractivity contribution is -0.142. The summed E-state index contributed by atoms with van der Waals surface area (Å²) >= 11 is 0. The lowest BCUT2D eigenvalue weighted by Gasteiger charge is -2.30. The Hall–Kier alpha value is -2.47. The number of hydrogen-bond acceptors (Lipinski definition) is 3. The first-order valence-corrected chi connectivity index (χ1v) is 8.17. The number of carbonyl (C=O) groups is 1. The van der Waals surface area contributed by atoms with E-state index in [1.54, 1.807) is 55.0 Å². The summed E-state index contributed by atoms with van der Waals surface area (Å²) in [4.78, 5) is 14.3. The molecule has 0 aliphatic carbocycles. The van der Waals surface area contributed by atoms with Gasteiger partial charge in [0.25, 0.3) is 5.91 Å². The quantitative estimate of drug-likeness (QED) is 0.546. The molecule has 0 unspecified atom stereocenters. The molecule has 5 nitrogen and oxygen atoms in total. The lowest BCUT2D eigenvalue weighted by atomic mass is 9.99. The molecule has 2 aromatic rings. The Bertz CT molecular complexity index is 729. The summed E-state index contributed by atoms with van der Waals surface area (Å²) < 4.78 is 20.9. The summed E-state index contributed by atoms with van der Waals surface area (Å²) in [6, 6.07) is 5.81. The largest absolute Gasteiger partial charge is 0.368 e. The Balaban J connectivity index is 2.28. The van der Waals surface area contributed by atoms with Crippen molar-refractivity contribution in [3.8, 4) is 0 Å². The molecule has 1 aromatic heterocycles.